The molecule has 0 aliphatic carbocycles. The zero-order chi connectivity index (χ0) is 14.4. The van der Waals surface area contributed by atoms with Crippen molar-refractivity contribution in [1.29, 1.82) is 0 Å². The first kappa shape index (κ1) is 16.4. The van der Waals surface area contributed by atoms with Crippen molar-refractivity contribution < 1.29 is 13.6 Å². The lowest BCUT2D eigenvalue weighted by Crippen LogP contribution is -2.40. The van der Waals surface area contributed by atoms with Crippen molar-refractivity contribution in [3.05, 3.63) is 35.9 Å². The minimum absolute atomic E-state index is 0.353. The summed E-state index contributed by atoms with van der Waals surface area (Å²) in [6.45, 7) is 8.29. The fraction of sp³-hybridized carbons (Fsp3) is 0.571. The topological polar surface area (TPSA) is 47.6 Å². The van der Waals surface area contributed by atoms with E-state index in [0.29, 0.717) is 13.2 Å². The molecule has 0 unspecified atom stereocenters. The molecule has 0 aliphatic heterocycles. The Balaban J connectivity index is 2.73. The molecule has 1 aromatic carbocycles. The Morgan fingerprint density at radius 3 is 2.11 bits per heavy atom. The van der Waals surface area contributed by atoms with Crippen molar-refractivity contribution in [2.75, 3.05) is 13.2 Å². The molecule has 1 aromatic rings. The third-order valence-corrected chi connectivity index (χ3v) is 4.60. The molecule has 0 amide bonds. The van der Waals surface area contributed by atoms with Gasteiger partial charge in [0.25, 0.3) is 0 Å². The van der Waals surface area contributed by atoms with Crippen LogP contribution in [0, 0.1) is 0 Å². The third-order valence-electron chi connectivity index (χ3n) is 2.53. The summed E-state index contributed by atoms with van der Waals surface area (Å²) in [5.41, 5.74) is 0.806. The number of benzene rings is 1. The van der Waals surface area contributed by atoms with Crippen molar-refractivity contribution in [2.24, 2.45) is 0 Å². The van der Waals surface area contributed by atoms with E-state index in [2.05, 4.69) is 17.2 Å². The predicted molar refractivity (Wildman–Crippen MR) is 78.2 cm³/mol. The van der Waals surface area contributed by atoms with Crippen LogP contribution in [-0.2, 0) is 20.0 Å². The van der Waals surface area contributed by atoms with Crippen molar-refractivity contribution in [3.63, 3.8) is 0 Å². The van der Waals surface area contributed by atoms with Crippen molar-refractivity contribution in [1.82, 2.24) is 5.09 Å². The molecule has 0 bridgehead atoms. The van der Waals surface area contributed by atoms with E-state index >= 15 is 0 Å². The SMILES string of the molecule is CCOP(=O)(NC(C)(C)Cc1ccccc1)OCC. The van der Waals surface area contributed by atoms with Gasteiger partial charge < -0.3 is 0 Å². The maximum atomic E-state index is 12.5. The highest BCUT2D eigenvalue weighted by atomic mass is 31.2. The average molecular weight is 285 g/mol. The molecule has 0 aliphatic rings. The summed E-state index contributed by atoms with van der Waals surface area (Å²) in [7, 11) is -3.23. The van der Waals surface area contributed by atoms with Crippen LogP contribution in [0.5, 0.6) is 0 Å². The summed E-state index contributed by atoms with van der Waals surface area (Å²) >= 11 is 0. The molecule has 0 saturated heterocycles. The number of rotatable bonds is 8. The Kier molecular flexibility index (Phi) is 6.21. The molecule has 0 heterocycles. The molecule has 0 saturated carbocycles. The van der Waals surface area contributed by atoms with Gasteiger partial charge in [0.05, 0.1) is 13.2 Å². The van der Waals surface area contributed by atoms with Gasteiger partial charge in [-0.15, -0.1) is 0 Å². The first-order chi connectivity index (χ1) is 8.91. The van der Waals surface area contributed by atoms with Gasteiger partial charge >= 0.3 is 7.75 Å². The Morgan fingerprint density at radius 2 is 1.63 bits per heavy atom. The van der Waals surface area contributed by atoms with Gasteiger partial charge in [-0.3, -0.25) is 9.05 Å². The van der Waals surface area contributed by atoms with Crippen LogP contribution in [0.25, 0.3) is 0 Å². The molecule has 108 valence electrons. The van der Waals surface area contributed by atoms with Crippen molar-refractivity contribution in [3.8, 4) is 0 Å². The molecule has 1 N–H and O–H groups in total. The standard InChI is InChI=1S/C14H24NO3P/c1-5-17-19(16,18-6-2)15-14(3,4)12-13-10-8-7-9-11-13/h7-11H,5-6,12H2,1-4H3,(H,15,16). The molecule has 0 atom stereocenters. The highest BCUT2D eigenvalue weighted by Gasteiger charge is 2.32. The molecular formula is C14H24NO3P. The second-order valence-corrected chi connectivity index (χ2v) is 6.73. The second-order valence-electron chi connectivity index (χ2n) is 4.99. The van der Waals surface area contributed by atoms with E-state index in [1.807, 2.05) is 32.0 Å². The Morgan fingerprint density at radius 1 is 1.11 bits per heavy atom. The third kappa shape index (κ3) is 5.87. The van der Waals surface area contributed by atoms with Gasteiger partial charge in [-0.1, -0.05) is 30.3 Å². The van der Waals surface area contributed by atoms with Gasteiger partial charge in [0.2, 0.25) is 0 Å². The van der Waals surface area contributed by atoms with Crippen LogP contribution < -0.4 is 5.09 Å². The van der Waals surface area contributed by atoms with Gasteiger partial charge in [0.1, 0.15) is 0 Å². The van der Waals surface area contributed by atoms with Gasteiger partial charge in [0, 0.05) is 5.54 Å². The lowest BCUT2D eigenvalue weighted by atomic mass is 9.96. The molecule has 1 rings (SSSR count). The number of nitrogens with one attached hydrogen (secondary N) is 1. The van der Waals surface area contributed by atoms with Gasteiger partial charge in [0.15, 0.2) is 0 Å². The molecule has 0 radical (unpaired) electrons. The van der Waals surface area contributed by atoms with E-state index in [9.17, 15) is 4.57 Å². The van der Waals surface area contributed by atoms with Crippen LogP contribution in [0.1, 0.15) is 33.3 Å². The Labute approximate surface area is 116 Å². The minimum Gasteiger partial charge on any atom is -0.297 e. The predicted octanol–water partition coefficient (Wildman–Crippen LogP) is 3.78. The van der Waals surface area contributed by atoms with Gasteiger partial charge in [-0.2, -0.15) is 0 Å². The van der Waals surface area contributed by atoms with E-state index in [-0.39, 0.29) is 5.54 Å². The Hall–Kier alpha value is -0.670. The maximum Gasteiger partial charge on any atom is 0.405 e. The summed E-state index contributed by atoms with van der Waals surface area (Å²) in [6.07, 6.45) is 0.748. The number of hydrogen-bond acceptors (Lipinski definition) is 3. The van der Waals surface area contributed by atoms with Crippen molar-refractivity contribution in [2.45, 2.75) is 39.7 Å². The number of hydrogen-bond donors (Lipinski definition) is 1. The zero-order valence-electron chi connectivity index (χ0n) is 12.2. The molecule has 0 spiro atoms. The van der Waals surface area contributed by atoms with Gasteiger partial charge in [-0.05, 0) is 39.7 Å². The second kappa shape index (κ2) is 7.20. The van der Waals surface area contributed by atoms with E-state index in [4.69, 9.17) is 9.05 Å². The quantitative estimate of drug-likeness (QED) is 0.738. The fourth-order valence-corrected chi connectivity index (χ4v) is 3.66. The summed E-state index contributed by atoms with van der Waals surface area (Å²) < 4.78 is 23.0. The summed E-state index contributed by atoms with van der Waals surface area (Å²) in [6, 6.07) is 10.1. The first-order valence-electron chi connectivity index (χ1n) is 6.63. The average Bonchev–Trinajstić information content (AvgIpc) is 2.28. The van der Waals surface area contributed by atoms with Crippen LogP contribution in [0.4, 0.5) is 0 Å². The molecular weight excluding hydrogens is 261 g/mol. The molecule has 4 nitrogen and oxygen atoms in total. The summed E-state index contributed by atoms with van der Waals surface area (Å²) in [5, 5.41) is 3.03. The fourth-order valence-electron chi connectivity index (χ4n) is 1.96. The summed E-state index contributed by atoms with van der Waals surface area (Å²) in [4.78, 5) is 0. The van der Waals surface area contributed by atoms with E-state index in [0.717, 1.165) is 6.42 Å². The van der Waals surface area contributed by atoms with Crippen LogP contribution in [-0.4, -0.2) is 18.8 Å². The van der Waals surface area contributed by atoms with Crippen LogP contribution >= 0.6 is 7.75 Å². The zero-order valence-corrected chi connectivity index (χ0v) is 13.1. The van der Waals surface area contributed by atoms with E-state index in [1.54, 1.807) is 13.8 Å². The molecule has 19 heavy (non-hydrogen) atoms. The van der Waals surface area contributed by atoms with E-state index < -0.39 is 7.75 Å². The normalized spacial score (nSPS) is 12.6. The summed E-state index contributed by atoms with van der Waals surface area (Å²) in [5.74, 6) is 0. The lowest BCUT2D eigenvalue weighted by Gasteiger charge is -2.30. The maximum absolute atomic E-state index is 12.5. The molecule has 0 fully saturated rings. The highest BCUT2D eigenvalue weighted by Crippen LogP contribution is 2.45. The van der Waals surface area contributed by atoms with Gasteiger partial charge in [-0.25, -0.2) is 9.65 Å². The minimum atomic E-state index is -3.23. The monoisotopic (exact) mass is 285 g/mol. The highest BCUT2D eigenvalue weighted by molar-refractivity contribution is 7.51. The molecule has 0 aromatic heterocycles. The molecule has 5 heteroatoms. The van der Waals surface area contributed by atoms with E-state index in [1.165, 1.54) is 5.56 Å². The largest absolute Gasteiger partial charge is 0.405 e. The smallest absolute Gasteiger partial charge is 0.297 e. The van der Waals surface area contributed by atoms with Crippen LogP contribution in [0.15, 0.2) is 30.3 Å². The first-order valence-corrected chi connectivity index (χ1v) is 8.17. The Bertz CT molecular complexity index is 410. The lowest BCUT2D eigenvalue weighted by molar-refractivity contribution is 0.199. The van der Waals surface area contributed by atoms with Crippen molar-refractivity contribution >= 4 is 7.75 Å². The van der Waals surface area contributed by atoms with Crippen LogP contribution in [0.3, 0.4) is 0 Å². The van der Waals surface area contributed by atoms with Crippen LogP contribution in [0.2, 0.25) is 0 Å².